The van der Waals surface area contributed by atoms with Crippen molar-refractivity contribution in [1.29, 1.82) is 0 Å². The second-order valence-corrected chi connectivity index (χ2v) is 9.16. The Kier molecular flexibility index (Phi) is 4.71. The first-order chi connectivity index (χ1) is 11.3. The van der Waals surface area contributed by atoms with E-state index in [2.05, 4.69) is 12.2 Å². The molecule has 24 heavy (non-hydrogen) atoms. The molecule has 2 fully saturated rings. The van der Waals surface area contributed by atoms with E-state index in [1.807, 2.05) is 13.8 Å². The molecule has 0 spiro atoms. The zero-order chi connectivity index (χ0) is 17.5. The van der Waals surface area contributed by atoms with Crippen molar-refractivity contribution in [3.63, 3.8) is 0 Å². The van der Waals surface area contributed by atoms with Crippen LogP contribution in [0.25, 0.3) is 0 Å². The van der Waals surface area contributed by atoms with Gasteiger partial charge in [0.15, 0.2) is 0 Å². The maximum absolute atomic E-state index is 13.1. The highest BCUT2D eigenvalue weighted by molar-refractivity contribution is 7.89. The van der Waals surface area contributed by atoms with Crippen LogP contribution in [0.5, 0.6) is 0 Å². The Hall–Kier alpha value is -1.40. The number of hydrogen-bond donors (Lipinski definition) is 1. The molecule has 1 aromatic rings. The molecule has 0 aromatic heterocycles. The molecule has 1 aliphatic carbocycles. The molecule has 0 atom stereocenters. The number of hydrogen-bond acceptors (Lipinski definition) is 3. The third kappa shape index (κ3) is 3.49. The molecule has 0 radical (unpaired) electrons. The van der Waals surface area contributed by atoms with Crippen LogP contribution < -0.4 is 5.32 Å². The van der Waals surface area contributed by atoms with Crippen LogP contribution in [0, 0.1) is 19.8 Å². The summed E-state index contributed by atoms with van der Waals surface area (Å²) < 4.78 is 27.7. The molecule has 1 aliphatic heterocycles. The molecule has 0 unspecified atom stereocenters. The highest BCUT2D eigenvalue weighted by Gasteiger charge is 2.31. The molecule has 1 heterocycles. The fraction of sp³-hybridized carbons (Fsp3) is 0.611. The minimum absolute atomic E-state index is 0.177. The molecule has 1 saturated carbocycles. The third-order valence-corrected chi connectivity index (χ3v) is 7.18. The fourth-order valence-electron chi connectivity index (χ4n) is 3.09. The SMILES string of the molecule is Cc1cc(C(=O)NC2CC2)cc(S(=O)(=O)N2CCC(C)CC2)c1C. The maximum atomic E-state index is 13.1. The van der Waals surface area contributed by atoms with Crippen LogP contribution in [0.4, 0.5) is 0 Å². The quantitative estimate of drug-likeness (QED) is 0.908. The fourth-order valence-corrected chi connectivity index (χ4v) is 4.88. The van der Waals surface area contributed by atoms with Gasteiger partial charge >= 0.3 is 0 Å². The predicted molar refractivity (Wildman–Crippen MR) is 93.6 cm³/mol. The zero-order valence-electron chi connectivity index (χ0n) is 14.6. The maximum Gasteiger partial charge on any atom is 0.251 e. The summed E-state index contributed by atoms with van der Waals surface area (Å²) in [7, 11) is -3.55. The Bertz CT molecular complexity index is 746. The lowest BCUT2D eigenvalue weighted by Crippen LogP contribution is -2.38. The van der Waals surface area contributed by atoms with E-state index in [0.29, 0.717) is 24.6 Å². The molecule has 6 heteroatoms. The topological polar surface area (TPSA) is 66.5 Å². The number of nitrogens with one attached hydrogen (secondary N) is 1. The van der Waals surface area contributed by atoms with Gasteiger partial charge in [0.2, 0.25) is 10.0 Å². The minimum Gasteiger partial charge on any atom is -0.349 e. The monoisotopic (exact) mass is 350 g/mol. The van der Waals surface area contributed by atoms with Crippen molar-refractivity contribution in [2.45, 2.75) is 57.4 Å². The number of sulfonamides is 1. The lowest BCUT2D eigenvalue weighted by molar-refractivity contribution is 0.0950. The standard InChI is InChI=1S/C18H26N2O3S/c1-12-6-8-20(9-7-12)24(22,23)17-11-15(10-13(2)14(17)3)18(21)19-16-4-5-16/h10-12,16H,4-9H2,1-3H3,(H,19,21). The molecule has 132 valence electrons. The Balaban J connectivity index is 1.93. The van der Waals surface area contributed by atoms with E-state index in [4.69, 9.17) is 0 Å². The highest BCUT2D eigenvalue weighted by Crippen LogP contribution is 2.28. The first kappa shape index (κ1) is 17.4. The van der Waals surface area contributed by atoms with Crippen LogP contribution in [0.3, 0.4) is 0 Å². The van der Waals surface area contributed by atoms with Crippen LogP contribution in [0.15, 0.2) is 17.0 Å². The van der Waals surface area contributed by atoms with Gasteiger partial charge in [0, 0.05) is 24.7 Å². The van der Waals surface area contributed by atoms with Crippen LogP contribution in [0.2, 0.25) is 0 Å². The normalized spacial score (nSPS) is 20.1. The van der Waals surface area contributed by atoms with Gasteiger partial charge in [-0.2, -0.15) is 4.31 Å². The molecule has 2 aliphatic rings. The number of carbonyl (C=O) groups is 1. The number of carbonyl (C=O) groups excluding carboxylic acids is 1. The average molecular weight is 350 g/mol. The van der Waals surface area contributed by atoms with E-state index in [1.54, 1.807) is 16.4 Å². The van der Waals surface area contributed by atoms with Gasteiger partial charge in [0.1, 0.15) is 0 Å². The van der Waals surface area contributed by atoms with Crippen molar-refractivity contribution in [2.24, 2.45) is 5.92 Å². The Labute approximate surface area is 144 Å². The van der Waals surface area contributed by atoms with Crippen molar-refractivity contribution in [2.75, 3.05) is 13.1 Å². The number of amides is 1. The lowest BCUT2D eigenvalue weighted by Gasteiger charge is -2.30. The summed E-state index contributed by atoms with van der Waals surface area (Å²) >= 11 is 0. The van der Waals surface area contributed by atoms with Gasteiger partial charge in [0.25, 0.3) is 5.91 Å². The predicted octanol–water partition coefficient (Wildman–Crippen LogP) is 2.62. The van der Waals surface area contributed by atoms with Gasteiger partial charge in [-0.15, -0.1) is 0 Å². The van der Waals surface area contributed by atoms with Crippen molar-refractivity contribution < 1.29 is 13.2 Å². The van der Waals surface area contributed by atoms with E-state index in [1.165, 1.54) is 0 Å². The first-order valence-electron chi connectivity index (χ1n) is 8.71. The van der Waals surface area contributed by atoms with Gasteiger partial charge in [-0.05, 0) is 68.7 Å². The van der Waals surface area contributed by atoms with E-state index < -0.39 is 10.0 Å². The largest absolute Gasteiger partial charge is 0.349 e. The summed E-state index contributed by atoms with van der Waals surface area (Å²) in [6.45, 7) is 6.95. The number of aryl methyl sites for hydroxylation is 1. The van der Waals surface area contributed by atoms with Crippen molar-refractivity contribution in [3.8, 4) is 0 Å². The highest BCUT2D eigenvalue weighted by atomic mass is 32.2. The van der Waals surface area contributed by atoms with Crippen LogP contribution in [-0.2, 0) is 10.0 Å². The van der Waals surface area contributed by atoms with Crippen molar-refractivity contribution >= 4 is 15.9 Å². The first-order valence-corrected chi connectivity index (χ1v) is 10.2. The van der Waals surface area contributed by atoms with Gasteiger partial charge < -0.3 is 5.32 Å². The second-order valence-electron chi connectivity index (χ2n) is 7.25. The molecule has 5 nitrogen and oxygen atoms in total. The van der Waals surface area contributed by atoms with E-state index in [-0.39, 0.29) is 16.8 Å². The molecular weight excluding hydrogens is 324 g/mol. The zero-order valence-corrected chi connectivity index (χ0v) is 15.4. The van der Waals surface area contributed by atoms with Gasteiger partial charge in [-0.25, -0.2) is 8.42 Å². The molecule has 1 saturated heterocycles. The number of nitrogens with zero attached hydrogens (tertiary/aromatic N) is 1. The smallest absolute Gasteiger partial charge is 0.251 e. The molecule has 1 N–H and O–H groups in total. The second kappa shape index (κ2) is 6.48. The Morgan fingerprint density at radius 1 is 1.12 bits per heavy atom. The molecule has 0 bridgehead atoms. The summed E-state index contributed by atoms with van der Waals surface area (Å²) in [4.78, 5) is 12.6. The molecular formula is C18H26N2O3S. The van der Waals surface area contributed by atoms with Gasteiger partial charge in [-0.1, -0.05) is 6.92 Å². The van der Waals surface area contributed by atoms with E-state index in [9.17, 15) is 13.2 Å². The van der Waals surface area contributed by atoms with Gasteiger partial charge in [0.05, 0.1) is 4.90 Å². The Morgan fingerprint density at radius 2 is 1.75 bits per heavy atom. The van der Waals surface area contributed by atoms with Crippen molar-refractivity contribution in [1.82, 2.24) is 9.62 Å². The Morgan fingerprint density at radius 3 is 2.33 bits per heavy atom. The van der Waals surface area contributed by atoms with Crippen LogP contribution in [0.1, 0.15) is 54.1 Å². The third-order valence-electron chi connectivity index (χ3n) is 5.15. The minimum atomic E-state index is -3.55. The lowest BCUT2D eigenvalue weighted by atomic mass is 10.0. The summed E-state index contributed by atoms with van der Waals surface area (Å²) in [6.07, 6.45) is 3.79. The van der Waals surface area contributed by atoms with Crippen molar-refractivity contribution in [3.05, 3.63) is 28.8 Å². The summed E-state index contributed by atoms with van der Waals surface area (Å²) in [5, 5.41) is 2.93. The molecule has 3 rings (SSSR count). The summed E-state index contributed by atoms with van der Waals surface area (Å²) in [5.74, 6) is 0.388. The average Bonchev–Trinajstić information content (AvgIpc) is 3.34. The van der Waals surface area contributed by atoms with E-state index in [0.717, 1.165) is 36.8 Å². The number of piperidine rings is 1. The number of benzene rings is 1. The number of rotatable bonds is 4. The van der Waals surface area contributed by atoms with E-state index >= 15 is 0 Å². The summed E-state index contributed by atoms with van der Waals surface area (Å²) in [6, 6.07) is 3.58. The molecule has 1 amide bonds. The summed E-state index contributed by atoms with van der Waals surface area (Å²) in [5.41, 5.74) is 2.01. The van der Waals surface area contributed by atoms with Gasteiger partial charge in [-0.3, -0.25) is 4.79 Å². The van der Waals surface area contributed by atoms with Crippen LogP contribution >= 0.6 is 0 Å². The molecule has 1 aromatic carbocycles. The van der Waals surface area contributed by atoms with Crippen LogP contribution in [-0.4, -0.2) is 37.8 Å².